The zero-order valence-corrected chi connectivity index (χ0v) is 23.2. The van der Waals surface area contributed by atoms with Crippen LogP contribution in [0.3, 0.4) is 0 Å². The topological polar surface area (TPSA) is 87.3 Å². The van der Waals surface area contributed by atoms with Gasteiger partial charge in [0.1, 0.15) is 4.33 Å². The second-order valence-corrected chi connectivity index (χ2v) is 11.0. The van der Waals surface area contributed by atoms with Crippen molar-refractivity contribution in [3.8, 4) is 0 Å². The predicted molar refractivity (Wildman–Crippen MR) is 146 cm³/mol. The Hall–Kier alpha value is -2.22. The first kappa shape index (κ1) is 28.4. The lowest BCUT2D eigenvalue weighted by molar-refractivity contribution is -0.118. The van der Waals surface area contributed by atoms with Gasteiger partial charge in [0.2, 0.25) is 11.8 Å². The molecule has 2 unspecified atom stereocenters. The number of halogens is 5. The number of nitrogens with one attached hydrogen (secondary N) is 3. The molecule has 2 atom stereocenters. The highest BCUT2D eigenvalue weighted by molar-refractivity contribution is 6.53. The molecule has 0 bridgehead atoms. The Morgan fingerprint density at radius 2 is 1.58 bits per heavy atom. The van der Waals surface area contributed by atoms with Gasteiger partial charge < -0.3 is 16.0 Å². The van der Waals surface area contributed by atoms with E-state index in [0.29, 0.717) is 32.6 Å². The fourth-order valence-electron chi connectivity index (χ4n) is 3.63. The summed E-state index contributed by atoms with van der Waals surface area (Å²) >= 11 is 31.2. The van der Waals surface area contributed by atoms with E-state index in [9.17, 15) is 14.4 Å². The van der Waals surface area contributed by atoms with Crippen molar-refractivity contribution in [3.63, 3.8) is 0 Å². The third-order valence-corrected chi connectivity index (χ3v) is 7.24. The quantitative estimate of drug-likeness (QED) is 0.196. The smallest absolute Gasteiger partial charge is 0.256 e. The van der Waals surface area contributed by atoms with Gasteiger partial charge in [0, 0.05) is 40.0 Å². The molecule has 3 rings (SSSR count). The molecule has 36 heavy (non-hydrogen) atoms. The number of rotatable bonds is 7. The number of anilines is 1. The fourth-order valence-corrected chi connectivity index (χ4v) is 5.20. The Kier molecular flexibility index (Phi) is 9.02. The molecule has 0 aromatic heterocycles. The van der Waals surface area contributed by atoms with Crippen LogP contribution in [0.5, 0.6) is 0 Å². The first-order valence-electron chi connectivity index (χ1n) is 10.7. The van der Waals surface area contributed by atoms with E-state index in [1.807, 2.05) is 0 Å². The van der Waals surface area contributed by atoms with Crippen LogP contribution < -0.4 is 16.0 Å². The maximum Gasteiger partial charge on any atom is 0.256 e. The molecule has 2 aromatic rings. The molecule has 1 saturated carbocycles. The molecule has 0 aliphatic heterocycles. The van der Waals surface area contributed by atoms with E-state index in [-0.39, 0.29) is 16.5 Å². The molecule has 1 fully saturated rings. The second-order valence-electron chi connectivity index (χ2n) is 8.25. The maximum atomic E-state index is 13.0. The highest BCUT2D eigenvalue weighted by atomic mass is 35.5. The van der Waals surface area contributed by atoms with Gasteiger partial charge in [-0.15, -0.1) is 23.2 Å². The fraction of sp³-hybridized carbons (Fsp3) is 0.240. The Bertz CT molecular complexity index is 1270. The van der Waals surface area contributed by atoms with Crippen molar-refractivity contribution < 1.29 is 14.4 Å². The van der Waals surface area contributed by atoms with Crippen LogP contribution in [0.4, 0.5) is 5.69 Å². The molecule has 0 radical (unpaired) electrons. The van der Waals surface area contributed by atoms with E-state index in [1.165, 1.54) is 19.2 Å². The van der Waals surface area contributed by atoms with Gasteiger partial charge in [-0.25, -0.2) is 0 Å². The number of amides is 3. The van der Waals surface area contributed by atoms with Gasteiger partial charge in [0.05, 0.1) is 16.5 Å². The zero-order valence-electron chi connectivity index (χ0n) is 19.4. The number of alkyl halides is 2. The van der Waals surface area contributed by atoms with Crippen molar-refractivity contribution in [3.05, 3.63) is 86.0 Å². The van der Waals surface area contributed by atoms with Crippen molar-refractivity contribution in [2.45, 2.75) is 24.1 Å². The minimum absolute atomic E-state index is 0.145. The monoisotopic (exact) mass is 587 g/mol. The van der Waals surface area contributed by atoms with Gasteiger partial charge in [0.25, 0.3) is 5.91 Å². The van der Waals surface area contributed by atoms with Gasteiger partial charge in [0.15, 0.2) is 0 Å². The summed E-state index contributed by atoms with van der Waals surface area (Å²) in [6, 6.07) is 9.41. The van der Waals surface area contributed by atoms with E-state index < -0.39 is 28.0 Å². The standard InChI is InChI=1S/C25H22Cl5N3O3/c1-12(22(34)31-3)4-5-13(2)32-23(35)18-11-17(6-7-19(18)28)33-24(36)21-20(25(21,29)30)14-8-15(26)10-16(27)9-14/h4-11,20-21H,1-3H3,(H,31,34)(H,32,35)(H,33,36)/b12-4+,13-5+. The van der Waals surface area contributed by atoms with Crippen LogP contribution in [-0.2, 0) is 9.59 Å². The lowest BCUT2D eigenvalue weighted by atomic mass is 10.1. The average Bonchev–Trinajstić information content (AvgIpc) is 3.39. The molecule has 2 aromatic carbocycles. The number of allylic oxidation sites excluding steroid dienone is 3. The molecule has 11 heteroatoms. The van der Waals surface area contributed by atoms with Crippen LogP contribution in [0.25, 0.3) is 0 Å². The van der Waals surface area contributed by atoms with E-state index in [2.05, 4.69) is 16.0 Å². The van der Waals surface area contributed by atoms with Crippen molar-refractivity contribution in [1.82, 2.24) is 10.6 Å². The normalized spacial score (nSPS) is 18.9. The molecule has 1 aliphatic carbocycles. The molecule has 3 N–H and O–H groups in total. The Morgan fingerprint density at radius 3 is 2.19 bits per heavy atom. The summed E-state index contributed by atoms with van der Waals surface area (Å²) in [5.74, 6) is -2.42. The van der Waals surface area contributed by atoms with Gasteiger partial charge in [-0.2, -0.15) is 0 Å². The van der Waals surface area contributed by atoms with Gasteiger partial charge in [-0.05, 0) is 61.9 Å². The van der Waals surface area contributed by atoms with Crippen molar-refractivity contribution in [2.75, 3.05) is 12.4 Å². The second kappa shape index (κ2) is 11.4. The van der Waals surface area contributed by atoms with E-state index in [1.54, 1.807) is 50.3 Å². The van der Waals surface area contributed by atoms with Crippen molar-refractivity contribution in [2.24, 2.45) is 5.92 Å². The number of hydrogen-bond donors (Lipinski definition) is 3. The number of benzene rings is 2. The first-order chi connectivity index (χ1) is 16.8. The summed E-state index contributed by atoms with van der Waals surface area (Å²) in [5.41, 5.74) is 2.10. The molecule has 0 saturated heterocycles. The van der Waals surface area contributed by atoms with Crippen LogP contribution in [0.2, 0.25) is 15.1 Å². The molecular formula is C25H22Cl5N3O3. The minimum atomic E-state index is -1.34. The summed E-state index contributed by atoms with van der Waals surface area (Å²) < 4.78 is -1.34. The molecule has 190 valence electrons. The van der Waals surface area contributed by atoms with Crippen LogP contribution in [-0.4, -0.2) is 29.1 Å². The average molecular weight is 590 g/mol. The third-order valence-electron chi connectivity index (χ3n) is 5.54. The Morgan fingerprint density at radius 1 is 0.944 bits per heavy atom. The molecule has 3 amide bonds. The largest absolute Gasteiger partial charge is 0.355 e. The van der Waals surface area contributed by atoms with Gasteiger partial charge >= 0.3 is 0 Å². The molecule has 0 spiro atoms. The maximum absolute atomic E-state index is 13.0. The highest BCUT2D eigenvalue weighted by Crippen LogP contribution is 2.65. The Balaban J connectivity index is 1.73. The number of carbonyl (C=O) groups excluding carboxylic acids is 3. The summed E-state index contributed by atoms with van der Waals surface area (Å²) in [4.78, 5) is 37.4. The molecule has 1 aliphatic rings. The summed E-state index contributed by atoms with van der Waals surface area (Å²) in [7, 11) is 1.53. The number of carbonyl (C=O) groups is 3. The van der Waals surface area contributed by atoms with E-state index >= 15 is 0 Å². The summed E-state index contributed by atoms with van der Waals surface area (Å²) in [6.07, 6.45) is 3.17. The number of likely N-dealkylation sites (N-methyl/N-ethyl adjacent to an activating group) is 1. The van der Waals surface area contributed by atoms with Crippen molar-refractivity contribution >= 4 is 81.4 Å². The zero-order chi connectivity index (χ0) is 26.8. The van der Waals surface area contributed by atoms with Crippen LogP contribution in [0, 0.1) is 5.92 Å². The predicted octanol–water partition coefficient (Wildman–Crippen LogP) is 6.50. The van der Waals surface area contributed by atoms with Crippen LogP contribution >= 0.6 is 58.0 Å². The van der Waals surface area contributed by atoms with Gasteiger partial charge in [-0.1, -0.05) is 40.9 Å². The SMILES string of the molecule is CNC(=O)/C(C)=C/C=C(\C)NC(=O)c1cc(NC(=O)C2C(c3cc(Cl)cc(Cl)c3)C2(Cl)Cl)ccc1Cl. The van der Waals surface area contributed by atoms with Crippen LogP contribution in [0.15, 0.2) is 59.8 Å². The van der Waals surface area contributed by atoms with Crippen molar-refractivity contribution in [1.29, 1.82) is 0 Å². The lowest BCUT2D eigenvalue weighted by Crippen LogP contribution is -2.22. The first-order valence-corrected chi connectivity index (χ1v) is 12.6. The van der Waals surface area contributed by atoms with E-state index in [4.69, 9.17) is 58.0 Å². The molecule has 0 heterocycles. The highest BCUT2D eigenvalue weighted by Gasteiger charge is 2.67. The Labute approximate surface area is 233 Å². The third kappa shape index (κ3) is 6.55. The van der Waals surface area contributed by atoms with E-state index in [0.717, 1.165) is 0 Å². The summed E-state index contributed by atoms with van der Waals surface area (Å²) in [5, 5.41) is 8.96. The lowest BCUT2D eigenvalue weighted by Gasteiger charge is -2.10. The summed E-state index contributed by atoms with van der Waals surface area (Å²) in [6.45, 7) is 3.32. The molecule has 6 nitrogen and oxygen atoms in total. The van der Waals surface area contributed by atoms with Gasteiger partial charge in [-0.3, -0.25) is 14.4 Å². The number of hydrogen-bond acceptors (Lipinski definition) is 3. The minimum Gasteiger partial charge on any atom is -0.355 e. The molecular weight excluding hydrogens is 568 g/mol. The van der Waals surface area contributed by atoms with Crippen LogP contribution in [0.1, 0.15) is 35.7 Å².